The van der Waals surface area contributed by atoms with Gasteiger partial charge in [0.25, 0.3) is 5.91 Å². The maximum atomic E-state index is 13.0. The first-order valence-electron chi connectivity index (χ1n) is 9.06. The maximum absolute atomic E-state index is 13.0. The van der Waals surface area contributed by atoms with Crippen LogP contribution in [-0.2, 0) is 15.1 Å². The average Bonchev–Trinajstić information content (AvgIpc) is 2.85. The number of carbonyl (C=O) groups excluding carboxylic acids is 3. The van der Waals surface area contributed by atoms with Gasteiger partial charge in [-0.3, -0.25) is 14.5 Å². The third-order valence-corrected chi connectivity index (χ3v) is 5.08. The van der Waals surface area contributed by atoms with E-state index < -0.39 is 17.5 Å². The first-order valence-corrected chi connectivity index (χ1v) is 9.06. The zero-order chi connectivity index (χ0) is 19.8. The molecule has 27 heavy (non-hydrogen) atoms. The van der Waals surface area contributed by atoms with Crippen molar-refractivity contribution in [3.63, 3.8) is 0 Å². The topological polar surface area (TPSA) is 97.0 Å². The first-order chi connectivity index (χ1) is 12.7. The van der Waals surface area contributed by atoms with Gasteiger partial charge in [0.1, 0.15) is 25.3 Å². The van der Waals surface area contributed by atoms with Gasteiger partial charge in [-0.05, 0) is 37.5 Å². The normalized spacial score (nSPS) is 22.6. The average molecular weight is 375 g/mol. The van der Waals surface area contributed by atoms with Crippen LogP contribution in [0.3, 0.4) is 0 Å². The Labute approximate surface area is 158 Å². The quantitative estimate of drug-likeness (QED) is 0.758. The minimum absolute atomic E-state index is 0.0533. The Morgan fingerprint density at radius 2 is 1.89 bits per heavy atom. The fourth-order valence-corrected chi connectivity index (χ4v) is 3.00. The van der Waals surface area contributed by atoms with Gasteiger partial charge in [0.15, 0.2) is 11.5 Å². The van der Waals surface area contributed by atoms with Gasteiger partial charge in [-0.25, -0.2) is 4.79 Å². The van der Waals surface area contributed by atoms with Gasteiger partial charge in [-0.15, -0.1) is 0 Å². The van der Waals surface area contributed by atoms with E-state index >= 15 is 0 Å². The lowest BCUT2D eigenvalue weighted by Gasteiger charge is -2.25. The third-order valence-electron chi connectivity index (χ3n) is 5.08. The number of nitrogens with zero attached hydrogens (tertiary/aromatic N) is 1. The van der Waals surface area contributed by atoms with Crippen molar-refractivity contribution in [1.29, 1.82) is 0 Å². The molecule has 0 spiro atoms. The second kappa shape index (κ2) is 7.09. The Hall–Kier alpha value is -2.77. The molecule has 2 heterocycles. The minimum Gasteiger partial charge on any atom is -0.486 e. The summed E-state index contributed by atoms with van der Waals surface area (Å²) < 4.78 is 11.1. The molecule has 1 aromatic rings. The van der Waals surface area contributed by atoms with Crippen LogP contribution in [0.1, 0.15) is 33.3 Å². The number of nitrogens with one attached hydrogen (secondary N) is 2. The number of urea groups is 1. The highest BCUT2D eigenvalue weighted by atomic mass is 16.6. The van der Waals surface area contributed by atoms with E-state index in [1.54, 1.807) is 25.1 Å². The number of amides is 4. The van der Waals surface area contributed by atoms with E-state index in [1.165, 1.54) is 0 Å². The van der Waals surface area contributed by atoms with Crippen molar-refractivity contribution >= 4 is 17.8 Å². The number of ether oxygens (including phenoxy) is 2. The summed E-state index contributed by atoms with van der Waals surface area (Å²) in [5, 5.41) is 5.50. The molecular formula is C19H25N3O5. The number of hydrogen-bond donors (Lipinski definition) is 2. The fraction of sp³-hybridized carbons (Fsp3) is 0.526. The molecule has 8 nitrogen and oxygen atoms in total. The smallest absolute Gasteiger partial charge is 0.325 e. The second-order valence-electron chi connectivity index (χ2n) is 7.41. The van der Waals surface area contributed by atoms with Crippen LogP contribution in [-0.4, -0.2) is 48.5 Å². The molecule has 1 fully saturated rings. The van der Waals surface area contributed by atoms with Gasteiger partial charge < -0.3 is 20.1 Å². The van der Waals surface area contributed by atoms with Gasteiger partial charge in [0.2, 0.25) is 5.91 Å². The largest absolute Gasteiger partial charge is 0.486 e. The Bertz CT molecular complexity index is 779. The highest BCUT2D eigenvalue weighted by Crippen LogP contribution is 2.36. The van der Waals surface area contributed by atoms with Crippen LogP contribution in [0.2, 0.25) is 0 Å². The summed E-state index contributed by atoms with van der Waals surface area (Å²) in [5.74, 6) is 0.538. The summed E-state index contributed by atoms with van der Waals surface area (Å²) in [6, 6.07) is 4.48. The molecule has 2 aliphatic rings. The molecule has 4 amide bonds. The van der Waals surface area contributed by atoms with Crippen molar-refractivity contribution in [2.75, 3.05) is 19.8 Å². The van der Waals surface area contributed by atoms with Crippen molar-refractivity contribution in [2.45, 2.75) is 39.3 Å². The molecule has 0 aromatic heterocycles. The van der Waals surface area contributed by atoms with E-state index in [1.807, 2.05) is 20.8 Å². The molecule has 0 aliphatic carbocycles. The van der Waals surface area contributed by atoms with Crippen molar-refractivity contribution < 1.29 is 23.9 Å². The summed E-state index contributed by atoms with van der Waals surface area (Å²) in [5.41, 5.74) is -0.694. The molecule has 0 saturated carbocycles. The molecule has 0 radical (unpaired) electrons. The summed E-state index contributed by atoms with van der Waals surface area (Å²) in [6.07, 6.45) is 0. The highest BCUT2D eigenvalue weighted by Gasteiger charge is 2.49. The summed E-state index contributed by atoms with van der Waals surface area (Å²) in [6.45, 7) is 8.04. The van der Waals surface area contributed by atoms with E-state index in [9.17, 15) is 14.4 Å². The Morgan fingerprint density at radius 3 is 2.56 bits per heavy atom. The summed E-state index contributed by atoms with van der Waals surface area (Å²) >= 11 is 0. The van der Waals surface area contributed by atoms with Crippen LogP contribution in [0.15, 0.2) is 18.2 Å². The number of carbonyl (C=O) groups is 3. The van der Waals surface area contributed by atoms with Gasteiger partial charge in [0, 0.05) is 6.04 Å². The van der Waals surface area contributed by atoms with Crippen LogP contribution < -0.4 is 20.1 Å². The second-order valence-corrected chi connectivity index (χ2v) is 7.41. The Balaban J connectivity index is 1.77. The van der Waals surface area contributed by atoms with E-state index in [0.717, 1.165) is 4.90 Å². The van der Waals surface area contributed by atoms with E-state index in [-0.39, 0.29) is 24.4 Å². The van der Waals surface area contributed by atoms with Crippen LogP contribution in [0, 0.1) is 5.92 Å². The molecule has 146 valence electrons. The van der Waals surface area contributed by atoms with E-state index in [2.05, 4.69) is 10.6 Å². The molecule has 2 aliphatic heterocycles. The monoisotopic (exact) mass is 375 g/mol. The van der Waals surface area contributed by atoms with Gasteiger partial charge >= 0.3 is 6.03 Å². The van der Waals surface area contributed by atoms with E-state index in [0.29, 0.717) is 30.3 Å². The van der Waals surface area contributed by atoms with Crippen molar-refractivity contribution in [2.24, 2.45) is 5.92 Å². The zero-order valence-electron chi connectivity index (χ0n) is 16.0. The number of benzene rings is 1. The number of rotatable bonds is 5. The molecule has 0 unspecified atom stereocenters. The minimum atomic E-state index is -1.27. The standard InChI is InChI=1S/C19H25N3O5/c1-11(2)12(3)20-16(23)10-22-17(24)19(4,21-18(22)25)13-5-6-14-15(9-13)27-8-7-26-14/h5-6,9,11-12H,7-8,10H2,1-4H3,(H,20,23)(H,21,25)/t12-,19-/m0/s1. The summed E-state index contributed by atoms with van der Waals surface area (Å²) in [7, 11) is 0. The van der Waals surface area contributed by atoms with Crippen molar-refractivity contribution in [3.8, 4) is 11.5 Å². The van der Waals surface area contributed by atoms with Crippen LogP contribution in [0.5, 0.6) is 11.5 Å². The molecule has 1 aromatic carbocycles. The highest BCUT2D eigenvalue weighted by molar-refractivity contribution is 6.09. The third kappa shape index (κ3) is 3.56. The van der Waals surface area contributed by atoms with Gasteiger partial charge in [-0.1, -0.05) is 19.9 Å². The lowest BCUT2D eigenvalue weighted by atomic mass is 9.91. The molecule has 0 bridgehead atoms. The Kier molecular flexibility index (Phi) is 4.99. The predicted molar refractivity (Wildman–Crippen MR) is 97.5 cm³/mol. The van der Waals surface area contributed by atoms with Gasteiger partial charge in [-0.2, -0.15) is 0 Å². The maximum Gasteiger partial charge on any atom is 0.325 e. The van der Waals surface area contributed by atoms with Gasteiger partial charge in [0.05, 0.1) is 0 Å². The fourth-order valence-electron chi connectivity index (χ4n) is 3.00. The molecule has 1 saturated heterocycles. The summed E-state index contributed by atoms with van der Waals surface area (Å²) in [4.78, 5) is 38.5. The van der Waals surface area contributed by atoms with Crippen molar-refractivity contribution in [3.05, 3.63) is 23.8 Å². The SMILES string of the molecule is CC(C)[C@H](C)NC(=O)CN1C(=O)N[C@@](C)(c2ccc3c(c2)OCCO3)C1=O. The van der Waals surface area contributed by atoms with Crippen molar-refractivity contribution in [1.82, 2.24) is 15.5 Å². The zero-order valence-corrected chi connectivity index (χ0v) is 16.0. The lowest BCUT2D eigenvalue weighted by Crippen LogP contribution is -2.46. The first kappa shape index (κ1) is 19.0. The number of hydrogen-bond acceptors (Lipinski definition) is 5. The number of imide groups is 1. The molecular weight excluding hydrogens is 350 g/mol. The molecule has 2 atom stereocenters. The number of fused-ring (bicyclic) bond motifs is 1. The van der Waals surface area contributed by atoms with Crippen LogP contribution >= 0.6 is 0 Å². The molecule has 8 heteroatoms. The lowest BCUT2D eigenvalue weighted by molar-refractivity contribution is -0.135. The molecule has 3 rings (SSSR count). The van der Waals surface area contributed by atoms with E-state index in [4.69, 9.17) is 9.47 Å². The van der Waals surface area contributed by atoms with Crippen LogP contribution in [0.25, 0.3) is 0 Å². The Morgan fingerprint density at radius 1 is 1.22 bits per heavy atom. The predicted octanol–water partition coefficient (Wildman–Crippen LogP) is 1.39. The van der Waals surface area contributed by atoms with Crippen LogP contribution in [0.4, 0.5) is 4.79 Å². The molecule has 2 N–H and O–H groups in total.